The second-order valence-corrected chi connectivity index (χ2v) is 9.01. The van der Waals surface area contributed by atoms with Crippen molar-refractivity contribution in [1.29, 1.82) is 0 Å². The molecule has 0 radical (unpaired) electrons. The molecule has 5 nitrogen and oxygen atoms in total. The van der Waals surface area contributed by atoms with E-state index < -0.39 is 0 Å². The molecule has 0 saturated carbocycles. The zero-order chi connectivity index (χ0) is 24.1. The van der Waals surface area contributed by atoms with E-state index >= 15 is 0 Å². The molecule has 0 aliphatic heterocycles. The summed E-state index contributed by atoms with van der Waals surface area (Å²) in [7, 11) is 0. The summed E-state index contributed by atoms with van der Waals surface area (Å²) in [5.41, 5.74) is 3.76. The van der Waals surface area contributed by atoms with Crippen molar-refractivity contribution in [3.8, 4) is 17.1 Å². The van der Waals surface area contributed by atoms with E-state index in [4.69, 9.17) is 26.1 Å². The molecule has 0 unspecified atom stereocenters. The molecular weight excluding hydrogens is 448 g/mol. The molecule has 0 bridgehead atoms. The van der Waals surface area contributed by atoms with Crippen LogP contribution in [0.2, 0.25) is 5.02 Å². The Morgan fingerprint density at radius 2 is 1.74 bits per heavy atom. The molecule has 176 valence electrons. The van der Waals surface area contributed by atoms with Crippen LogP contribution in [0, 0.1) is 6.92 Å². The monoisotopic (exact) mass is 476 g/mol. The predicted molar refractivity (Wildman–Crippen MR) is 138 cm³/mol. The zero-order valence-corrected chi connectivity index (χ0v) is 20.5. The van der Waals surface area contributed by atoms with Crippen molar-refractivity contribution in [2.45, 2.75) is 33.2 Å². The number of hydrogen-bond acceptors (Lipinski definition) is 4. The Bertz CT molecular complexity index is 1330. The van der Waals surface area contributed by atoms with Crippen LogP contribution in [0.5, 0.6) is 5.75 Å². The highest BCUT2D eigenvalue weighted by atomic mass is 35.5. The molecule has 4 aromatic rings. The van der Waals surface area contributed by atoms with Gasteiger partial charge in [-0.3, -0.25) is 9.36 Å². The van der Waals surface area contributed by atoms with Gasteiger partial charge < -0.3 is 9.47 Å². The first kappa shape index (κ1) is 24.0. The molecule has 0 aliphatic carbocycles. The molecule has 6 heteroatoms. The normalized spacial score (nSPS) is 11.3. The largest absolute Gasteiger partial charge is 0.491 e. The van der Waals surface area contributed by atoms with Crippen LogP contribution in [0.25, 0.3) is 22.3 Å². The number of hydrogen-bond donors (Lipinski definition) is 0. The average Bonchev–Trinajstić information content (AvgIpc) is 2.82. The SMILES string of the molecule is Cc1ccc(C(C)C)c(OCCOCCn2c(-c3ccc(Cl)cc3)nc3ccccc3c2=O)c1. The van der Waals surface area contributed by atoms with Gasteiger partial charge in [-0.1, -0.05) is 49.7 Å². The number of ether oxygens (including phenoxy) is 2. The lowest BCUT2D eigenvalue weighted by atomic mass is 10.0. The van der Waals surface area contributed by atoms with Gasteiger partial charge in [0.1, 0.15) is 18.2 Å². The van der Waals surface area contributed by atoms with Gasteiger partial charge in [0.2, 0.25) is 0 Å². The molecule has 0 saturated heterocycles. The quantitative estimate of drug-likeness (QED) is 0.268. The van der Waals surface area contributed by atoms with Crippen LogP contribution in [-0.4, -0.2) is 29.4 Å². The van der Waals surface area contributed by atoms with Crippen LogP contribution >= 0.6 is 11.6 Å². The van der Waals surface area contributed by atoms with Gasteiger partial charge in [-0.05, 0) is 66.4 Å². The van der Waals surface area contributed by atoms with E-state index in [1.165, 1.54) is 11.1 Å². The lowest BCUT2D eigenvalue weighted by molar-refractivity contribution is 0.0936. The van der Waals surface area contributed by atoms with Crippen LogP contribution in [0.4, 0.5) is 0 Å². The molecule has 4 rings (SSSR count). The van der Waals surface area contributed by atoms with Crippen molar-refractivity contribution in [2.75, 3.05) is 19.8 Å². The van der Waals surface area contributed by atoms with Gasteiger partial charge in [-0.2, -0.15) is 0 Å². The van der Waals surface area contributed by atoms with Crippen molar-refractivity contribution in [3.05, 3.63) is 93.2 Å². The number of halogens is 1. The smallest absolute Gasteiger partial charge is 0.261 e. The first-order valence-electron chi connectivity index (χ1n) is 11.5. The van der Waals surface area contributed by atoms with E-state index in [0.29, 0.717) is 54.0 Å². The molecule has 34 heavy (non-hydrogen) atoms. The fraction of sp³-hybridized carbons (Fsp3) is 0.286. The van der Waals surface area contributed by atoms with Crippen LogP contribution < -0.4 is 10.3 Å². The van der Waals surface area contributed by atoms with Crippen LogP contribution in [0.1, 0.15) is 30.9 Å². The van der Waals surface area contributed by atoms with E-state index in [0.717, 1.165) is 11.3 Å². The number of para-hydroxylation sites is 1. The van der Waals surface area contributed by atoms with Crippen LogP contribution in [0.3, 0.4) is 0 Å². The van der Waals surface area contributed by atoms with E-state index in [1.807, 2.05) is 30.3 Å². The van der Waals surface area contributed by atoms with Gasteiger partial charge in [0.15, 0.2) is 0 Å². The molecule has 1 aromatic heterocycles. The first-order valence-corrected chi connectivity index (χ1v) is 11.9. The van der Waals surface area contributed by atoms with Crippen LogP contribution in [-0.2, 0) is 11.3 Å². The van der Waals surface area contributed by atoms with Gasteiger partial charge in [0, 0.05) is 10.6 Å². The Morgan fingerprint density at radius 1 is 0.971 bits per heavy atom. The lowest BCUT2D eigenvalue weighted by Crippen LogP contribution is -2.26. The number of aryl methyl sites for hydroxylation is 1. The maximum Gasteiger partial charge on any atom is 0.261 e. The Labute approximate surface area is 204 Å². The Balaban J connectivity index is 1.45. The predicted octanol–water partition coefficient (Wildman–Crippen LogP) is 6.24. The number of fused-ring (bicyclic) bond motifs is 1. The van der Waals surface area contributed by atoms with E-state index in [1.54, 1.807) is 22.8 Å². The highest BCUT2D eigenvalue weighted by Crippen LogP contribution is 2.27. The van der Waals surface area contributed by atoms with Gasteiger partial charge in [-0.15, -0.1) is 0 Å². The summed E-state index contributed by atoms with van der Waals surface area (Å²) in [4.78, 5) is 18.0. The maximum absolute atomic E-state index is 13.2. The molecule has 0 amide bonds. The molecular formula is C28H29ClN2O3. The highest BCUT2D eigenvalue weighted by molar-refractivity contribution is 6.30. The average molecular weight is 477 g/mol. The summed E-state index contributed by atoms with van der Waals surface area (Å²) in [5.74, 6) is 1.88. The molecule has 0 spiro atoms. The number of rotatable bonds is 9. The summed E-state index contributed by atoms with van der Waals surface area (Å²) >= 11 is 6.06. The fourth-order valence-corrected chi connectivity index (χ4v) is 4.03. The summed E-state index contributed by atoms with van der Waals surface area (Å²) in [6, 6.07) is 21.0. The third-order valence-electron chi connectivity index (χ3n) is 5.70. The van der Waals surface area contributed by atoms with E-state index in [2.05, 4.69) is 39.0 Å². The van der Waals surface area contributed by atoms with Gasteiger partial charge in [0.25, 0.3) is 5.56 Å². The number of nitrogens with zero attached hydrogens (tertiary/aromatic N) is 2. The van der Waals surface area contributed by atoms with Crippen LogP contribution in [0.15, 0.2) is 71.5 Å². The van der Waals surface area contributed by atoms with Crippen molar-refractivity contribution in [3.63, 3.8) is 0 Å². The van der Waals surface area contributed by atoms with Gasteiger partial charge in [0.05, 0.1) is 30.7 Å². The minimum atomic E-state index is -0.0864. The minimum absolute atomic E-state index is 0.0864. The first-order chi connectivity index (χ1) is 16.4. The van der Waals surface area contributed by atoms with Crippen molar-refractivity contribution in [1.82, 2.24) is 9.55 Å². The molecule has 0 N–H and O–H groups in total. The molecule has 0 aliphatic rings. The molecule has 0 atom stereocenters. The van der Waals surface area contributed by atoms with Crippen molar-refractivity contribution in [2.24, 2.45) is 0 Å². The number of benzene rings is 3. The van der Waals surface area contributed by atoms with Gasteiger partial charge >= 0.3 is 0 Å². The van der Waals surface area contributed by atoms with Gasteiger partial charge in [-0.25, -0.2) is 4.98 Å². The minimum Gasteiger partial charge on any atom is -0.491 e. The summed E-state index contributed by atoms with van der Waals surface area (Å²) in [6.45, 7) is 7.99. The molecule has 0 fully saturated rings. The van der Waals surface area contributed by atoms with E-state index in [9.17, 15) is 4.79 Å². The van der Waals surface area contributed by atoms with E-state index in [-0.39, 0.29) is 5.56 Å². The molecule has 1 heterocycles. The third kappa shape index (κ3) is 5.49. The maximum atomic E-state index is 13.2. The summed E-state index contributed by atoms with van der Waals surface area (Å²) < 4.78 is 13.5. The van der Waals surface area contributed by atoms with Crippen molar-refractivity contribution >= 4 is 22.5 Å². The second-order valence-electron chi connectivity index (χ2n) is 8.57. The molecule has 3 aromatic carbocycles. The Morgan fingerprint density at radius 3 is 2.50 bits per heavy atom. The van der Waals surface area contributed by atoms with Crippen molar-refractivity contribution < 1.29 is 9.47 Å². The fourth-order valence-electron chi connectivity index (χ4n) is 3.91. The lowest BCUT2D eigenvalue weighted by Gasteiger charge is -2.16. The third-order valence-corrected chi connectivity index (χ3v) is 5.95. The Kier molecular flexibility index (Phi) is 7.66. The number of aromatic nitrogens is 2. The zero-order valence-electron chi connectivity index (χ0n) is 19.8. The second kappa shape index (κ2) is 10.9. The highest BCUT2D eigenvalue weighted by Gasteiger charge is 2.13. The standard InChI is InChI=1S/C28H29ClN2O3/c1-19(2)23-13-8-20(3)18-26(23)34-17-16-33-15-14-31-27(21-9-11-22(29)12-10-21)30-25-7-5-4-6-24(25)28(31)32/h4-13,18-19H,14-17H2,1-3H3. The summed E-state index contributed by atoms with van der Waals surface area (Å²) in [5, 5.41) is 1.22. The summed E-state index contributed by atoms with van der Waals surface area (Å²) in [6.07, 6.45) is 0. The Hall–Kier alpha value is -3.15. The topological polar surface area (TPSA) is 53.4 Å².